The number of nitrogens with zero attached hydrogens (tertiary/aromatic N) is 3. The van der Waals surface area contributed by atoms with Crippen LogP contribution in [0.3, 0.4) is 0 Å². The first-order valence-electron chi connectivity index (χ1n) is 10.1. The normalized spacial score (nSPS) is 12.0. The number of benzene rings is 2. The number of rotatable bonds is 3. The molecule has 0 saturated heterocycles. The van der Waals surface area contributed by atoms with Crippen molar-refractivity contribution in [2.75, 3.05) is 0 Å². The van der Waals surface area contributed by atoms with Crippen LogP contribution in [0, 0.1) is 0 Å². The van der Waals surface area contributed by atoms with Gasteiger partial charge in [-0.1, -0.05) is 51.6 Å². The van der Waals surface area contributed by atoms with Gasteiger partial charge in [-0.3, -0.25) is 9.38 Å². The van der Waals surface area contributed by atoms with Crippen LogP contribution in [0.15, 0.2) is 73.4 Å². The molecule has 148 valence electrons. The second-order valence-electron chi connectivity index (χ2n) is 8.50. The Morgan fingerprint density at radius 2 is 1.70 bits per heavy atom. The minimum Gasteiger partial charge on any atom is -0.455 e. The number of imidazole rings is 1. The van der Waals surface area contributed by atoms with Gasteiger partial charge in [0.05, 0.1) is 11.0 Å². The van der Waals surface area contributed by atoms with Crippen LogP contribution in [-0.2, 0) is 5.41 Å². The average Bonchev–Trinajstić information content (AvgIpc) is 3.13. The molecule has 5 aromatic rings. The van der Waals surface area contributed by atoms with E-state index < -0.39 is 0 Å². The molecule has 0 unspecified atom stereocenters. The Labute approximate surface area is 175 Å². The molecule has 0 N–H and O–H groups in total. The van der Waals surface area contributed by atoms with Crippen molar-refractivity contribution in [2.24, 2.45) is 0 Å². The molecule has 4 nitrogen and oxygen atoms in total. The molecule has 0 amide bonds. The molecule has 30 heavy (non-hydrogen) atoms. The first-order valence-corrected chi connectivity index (χ1v) is 10.1. The third-order valence-corrected chi connectivity index (χ3v) is 5.33. The van der Waals surface area contributed by atoms with Crippen molar-refractivity contribution in [3.8, 4) is 11.5 Å². The summed E-state index contributed by atoms with van der Waals surface area (Å²) in [5, 5.41) is 1.03. The van der Waals surface area contributed by atoms with E-state index >= 15 is 0 Å². The Bertz CT molecular complexity index is 1410. The van der Waals surface area contributed by atoms with Gasteiger partial charge in [0.15, 0.2) is 5.75 Å². The Kier molecular flexibility index (Phi) is 4.10. The van der Waals surface area contributed by atoms with Gasteiger partial charge in [0.2, 0.25) is 0 Å². The molecule has 0 aliphatic heterocycles. The van der Waals surface area contributed by atoms with Crippen molar-refractivity contribution in [1.82, 2.24) is 14.4 Å². The second kappa shape index (κ2) is 6.70. The molecule has 3 aromatic heterocycles. The van der Waals surface area contributed by atoms with Crippen LogP contribution >= 0.6 is 0 Å². The number of pyridine rings is 2. The summed E-state index contributed by atoms with van der Waals surface area (Å²) in [4.78, 5) is 9.78. The van der Waals surface area contributed by atoms with E-state index in [1.54, 1.807) is 0 Å². The molecule has 3 heterocycles. The largest absolute Gasteiger partial charge is 0.455 e. The van der Waals surface area contributed by atoms with Gasteiger partial charge in [-0.05, 0) is 48.0 Å². The highest BCUT2D eigenvalue weighted by Crippen LogP contribution is 2.33. The predicted molar refractivity (Wildman–Crippen MR) is 123 cm³/mol. The molecular formula is C26H23N3O. The third-order valence-electron chi connectivity index (χ3n) is 5.33. The molecule has 0 radical (unpaired) electrons. The fourth-order valence-electron chi connectivity index (χ4n) is 3.69. The van der Waals surface area contributed by atoms with E-state index in [1.807, 2.05) is 60.8 Å². The zero-order chi connectivity index (χ0) is 20.9. The van der Waals surface area contributed by atoms with Crippen LogP contribution in [0.4, 0.5) is 0 Å². The Balaban J connectivity index is 1.68. The fraction of sp³-hybridized carbons (Fsp3) is 0.154. The van der Waals surface area contributed by atoms with Gasteiger partial charge in [0.1, 0.15) is 16.9 Å². The lowest BCUT2D eigenvalue weighted by atomic mass is 9.91. The zero-order valence-corrected chi connectivity index (χ0v) is 17.4. The lowest BCUT2D eigenvalue weighted by Gasteiger charge is -2.18. The van der Waals surface area contributed by atoms with E-state index in [1.165, 1.54) is 0 Å². The van der Waals surface area contributed by atoms with E-state index in [4.69, 9.17) is 14.7 Å². The third kappa shape index (κ3) is 3.01. The predicted octanol–water partition coefficient (Wildman–Crippen LogP) is 6.77. The van der Waals surface area contributed by atoms with E-state index in [9.17, 15) is 0 Å². The van der Waals surface area contributed by atoms with Gasteiger partial charge in [0.25, 0.3) is 0 Å². The van der Waals surface area contributed by atoms with Crippen LogP contribution in [0.5, 0.6) is 11.5 Å². The highest BCUT2D eigenvalue weighted by Gasteiger charge is 2.18. The monoisotopic (exact) mass is 393 g/mol. The van der Waals surface area contributed by atoms with Gasteiger partial charge < -0.3 is 4.74 Å². The van der Waals surface area contributed by atoms with Crippen molar-refractivity contribution in [3.05, 3.63) is 84.7 Å². The van der Waals surface area contributed by atoms with Gasteiger partial charge in [-0.25, -0.2) is 4.98 Å². The summed E-state index contributed by atoms with van der Waals surface area (Å²) in [6.45, 7) is 10.3. The smallest absolute Gasteiger partial charge is 0.153 e. The Morgan fingerprint density at radius 3 is 2.43 bits per heavy atom. The van der Waals surface area contributed by atoms with Gasteiger partial charge in [0, 0.05) is 22.7 Å². The van der Waals surface area contributed by atoms with E-state index in [0.717, 1.165) is 50.3 Å². The number of fused-ring (bicyclic) bond motifs is 5. The minimum atomic E-state index is 0.00259. The molecule has 0 aliphatic carbocycles. The Morgan fingerprint density at radius 1 is 0.900 bits per heavy atom. The van der Waals surface area contributed by atoms with Crippen molar-refractivity contribution in [2.45, 2.75) is 26.2 Å². The Hall–Kier alpha value is -3.66. The van der Waals surface area contributed by atoms with Crippen LogP contribution in [-0.4, -0.2) is 14.4 Å². The number of hydrogen-bond acceptors (Lipinski definition) is 3. The molecule has 4 heteroatoms. The maximum atomic E-state index is 6.22. The SMILES string of the molecule is C=Cc1ccc(Oc2cccc3nc4c5ccc(C(C)(C)C)nc5ccn4c23)cc1. The summed E-state index contributed by atoms with van der Waals surface area (Å²) >= 11 is 0. The summed E-state index contributed by atoms with van der Waals surface area (Å²) in [6.07, 6.45) is 3.85. The lowest BCUT2D eigenvalue weighted by molar-refractivity contribution is 0.487. The number of ether oxygens (including phenoxy) is 1. The highest BCUT2D eigenvalue weighted by molar-refractivity contribution is 5.98. The fourth-order valence-corrected chi connectivity index (χ4v) is 3.69. The van der Waals surface area contributed by atoms with Crippen LogP contribution in [0.2, 0.25) is 0 Å². The van der Waals surface area contributed by atoms with Crippen molar-refractivity contribution in [1.29, 1.82) is 0 Å². The molecule has 0 fully saturated rings. The highest BCUT2D eigenvalue weighted by atomic mass is 16.5. The van der Waals surface area contributed by atoms with Gasteiger partial charge in [-0.15, -0.1) is 0 Å². The van der Waals surface area contributed by atoms with Crippen LogP contribution in [0.1, 0.15) is 32.0 Å². The summed E-state index contributed by atoms with van der Waals surface area (Å²) in [5.41, 5.74) is 5.81. The summed E-state index contributed by atoms with van der Waals surface area (Å²) in [7, 11) is 0. The van der Waals surface area contributed by atoms with Gasteiger partial charge >= 0.3 is 0 Å². The van der Waals surface area contributed by atoms with Crippen molar-refractivity contribution < 1.29 is 4.74 Å². The van der Waals surface area contributed by atoms with E-state index in [0.29, 0.717) is 0 Å². The molecular weight excluding hydrogens is 370 g/mol. The molecule has 0 saturated carbocycles. The first kappa shape index (κ1) is 18.4. The molecule has 2 aromatic carbocycles. The summed E-state index contributed by atoms with van der Waals surface area (Å²) < 4.78 is 8.31. The molecule has 0 atom stereocenters. The number of aromatic nitrogens is 3. The number of hydrogen-bond donors (Lipinski definition) is 0. The van der Waals surface area contributed by atoms with E-state index in [2.05, 4.69) is 43.9 Å². The molecule has 0 bridgehead atoms. The van der Waals surface area contributed by atoms with Crippen molar-refractivity contribution in [3.63, 3.8) is 0 Å². The minimum absolute atomic E-state index is 0.00259. The second-order valence-corrected chi connectivity index (χ2v) is 8.50. The maximum absolute atomic E-state index is 6.22. The van der Waals surface area contributed by atoms with Crippen molar-refractivity contribution >= 4 is 33.7 Å². The number of para-hydroxylation sites is 1. The first-order chi connectivity index (χ1) is 14.4. The summed E-state index contributed by atoms with van der Waals surface area (Å²) in [6, 6.07) is 20.1. The van der Waals surface area contributed by atoms with Crippen LogP contribution < -0.4 is 4.74 Å². The molecule has 0 aliphatic rings. The molecule has 0 spiro atoms. The van der Waals surface area contributed by atoms with E-state index in [-0.39, 0.29) is 5.41 Å². The standard InChI is InChI=1S/C26H23N3O/c1-5-17-9-11-18(12-10-17)30-22-8-6-7-21-24(22)29-16-15-20-19(25(29)28-21)13-14-23(27-20)26(2,3)4/h5-16H,1H2,2-4H3. The van der Waals surface area contributed by atoms with Gasteiger partial charge in [-0.2, -0.15) is 0 Å². The molecule has 5 rings (SSSR count). The lowest BCUT2D eigenvalue weighted by Crippen LogP contribution is -2.13. The quantitative estimate of drug-likeness (QED) is 0.340. The summed E-state index contributed by atoms with van der Waals surface area (Å²) in [5.74, 6) is 1.55. The maximum Gasteiger partial charge on any atom is 0.153 e. The van der Waals surface area contributed by atoms with Crippen LogP contribution in [0.25, 0.3) is 33.7 Å². The topological polar surface area (TPSA) is 39.4 Å². The zero-order valence-electron chi connectivity index (χ0n) is 17.4. The average molecular weight is 393 g/mol.